The van der Waals surface area contributed by atoms with Gasteiger partial charge in [0, 0.05) is 18.8 Å². The van der Waals surface area contributed by atoms with Gasteiger partial charge in [-0.15, -0.1) is 0 Å². The van der Waals surface area contributed by atoms with Crippen LogP contribution < -0.4 is 4.74 Å². The van der Waals surface area contributed by atoms with E-state index in [0.717, 1.165) is 17.5 Å². The Bertz CT molecular complexity index is 658. The second-order valence-corrected chi connectivity index (χ2v) is 4.97. The molecule has 0 aliphatic heterocycles. The van der Waals surface area contributed by atoms with Crippen LogP contribution in [0, 0.1) is 0 Å². The van der Waals surface area contributed by atoms with E-state index in [1.165, 1.54) is 6.33 Å². The molecule has 0 saturated heterocycles. The molecule has 1 fully saturated rings. The molecule has 2 aromatic rings. The number of carboxylic acid groups (broad SMARTS) is 1. The van der Waals surface area contributed by atoms with Crippen molar-refractivity contribution in [2.45, 2.75) is 24.7 Å². The van der Waals surface area contributed by atoms with E-state index in [2.05, 4.69) is 9.97 Å². The summed E-state index contributed by atoms with van der Waals surface area (Å²) in [7, 11) is 3.40. The number of carboxylic acids is 1. The first kappa shape index (κ1) is 12.0. The molecule has 2 aromatic heterocycles. The summed E-state index contributed by atoms with van der Waals surface area (Å²) in [5.41, 5.74) is 1.40. The van der Waals surface area contributed by atoms with Crippen molar-refractivity contribution in [2.75, 3.05) is 7.11 Å². The fourth-order valence-electron chi connectivity index (χ4n) is 2.83. The predicted molar refractivity (Wildman–Crippen MR) is 68.2 cm³/mol. The number of nitrogens with zero attached hydrogens (tertiary/aromatic N) is 3. The Kier molecular flexibility index (Phi) is 2.48. The fraction of sp³-hybridized carbons (Fsp3) is 0.462. The fourth-order valence-corrected chi connectivity index (χ4v) is 2.83. The van der Waals surface area contributed by atoms with E-state index in [-0.39, 0.29) is 0 Å². The van der Waals surface area contributed by atoms with Gasteiger partial charge in [-0.3, -0.25) is 4.79 Å². The molecule has 6 heteroatoms. The molecule has 1 N–H and O–H groups in total. The molecule has 0 amide bonds. The first-order chi connectivity index (χ1) is 9.10. The molecular formula is C13H15N3O3. The standard InChI is InChI=1S/C13H15N3O3/c1-16-6-8(13(12(17)18)4-3-5-13)9-10(16)11(19-2)15-7-14-9/h6-7H,3-5H2,1-2H3,(H,17,18). The molecule has 0 spiro atoms. The lowest BCUT2D eigenvalue weighted by Crippen LogP contribution is -2.42. The number of ether oxygens (including phenoxy) is 1. The van der Waals surface area contributed by atoms with E-state index in [4.69, 9.17) is 4.74 Å². The normalized spacial score (nSPS) is 17.2. The van der Waals surface area contributed by atoms with Crippen LogP contribution in [0.3, 0.4) is 0 Å². The molecule has 0 unspecified atom stereocenters. The Labute approximate surface area is 110 Å². The summed E-state index contributed by atoms with van der Waals surface area (Å²) in [5, 5.41) is 9.55. The summed E-state index contributed by atoms with van der Waals surface area (Å²) < 4.78 is 7.07. The largest absolute Gasteiger partial charge is 0.481 e. The third kappa shape index (κ3) is 1.46. The summed E-state index contributed by atoms with van der Waals surface area (Å²) in [6.07, 6.45) is 5.51. The van der Waals surface area contributed by atoms with Crippen molar-refractivity contribution in [3.63, 3.8) is 0 Å². The lowest BCUT2D eigenvalue weighted by molar-refractivity contribution is -0.147. The average molecular weight is 261 g/mol. The van der Waals surface area contributed by atoms with Crippen LogP contribution in [0.2, 0.25) is 0 Å². The minimum absolute atomic E-state index is 0.471. The average Bonchev–Trinajstić information content (AvgIpc) is 2.66. The third-order valence-corrected chi connectivity index (χ3v) is 4.04. The molecule has 0 bridgehead atoms. The molecule has 3 rings (SSSR count). The van der Waals surface area contributed by atoms with E-state index in [9.17, 15) is 9.90 Å². The van der Waals surface area contributed by atoms with E-state index in [1.807, 2.05) is 17.8 Å². The second kappa shape index (κ2) is 3.94. The van der Waals surface area contributed by atoms with Crippen molar-refractivity contribution in [1.82, 2.24) is 14.5 Å². The highest BCUT2D eigenvalue weighted by molar-refractivity contribution is 5.92. The zero-order valence-electron chi connectivity index (χ0n) is 10.9. The number of fused-ring (bicyclic) bond motifs is 1. The second-order valence-electron chi connectivity index (χ2n) is 4.97. The van der Waals surface area contributed by atoms with Gasteiger partial charge >= 0.3 is 5.97 Å². The smallest absolute Gasteiger partial charge is 0.314 e. The first-order valence-electron chi connectivity index (χ1n) is 6.18. The van der Waals surface area contributed by atoms with Crippen LogP contribution >= 0.6 is 0 Å². The molecule has 6 nitrogen and oxygen atoms in total. The van der Waals surface area contributed by atoms with Gasteiger partial charge in [-0.1, -0.05) is 6.42 Å². The Hall–Kier alpha value is -2.11. The van der Waals surface area contributed by atoms with Crippen molar-refractivity contribution in [1.29, 1.82) is 0 Å². The maximum absolute atomic E-state index is 11.6. The summed E-state index contributed by atoms with van der Waals surface area (Å²) in [4.78, 5) is 20.0. The monoisotopic (exact) mass is 261 g/mol. The van der Waals surface area contributed by atoms with Crippen LogP contribution in [0.5, 0.6) is 5.88 Å². The number of methoxy groups -OCH3 is 1. The van der Waals surface area contributed by atoms with Crippen LogP contribution in [-0.4, -0.2) is 32.7 Å². The summed E-state index contributed by atoms with van der Waals surface area (Å²) >= 11 is 0. The summed E-state index contributed by atoms with van der Waals surface area (Å²) in [5.74, 6) is -0.303. The number of aromatic nitrogens is 3. The van der Waals surface area contributed by atoms with Crippen molar-refractivity contribution < 1.29 is 14.6 Å². The lowest BCUT2D eigenvalue weighted by atomic mass is 9.65. The zero-order valence-corrected chi connectivity index (χ0v) is 10.9. The van der Waals surface area contributed by atoms with Crippen LogP contribution in [0.1, 0.15) is 24.8 Å². The molecule has 100 valence electrons. The lowest BCUT2D eigenvalue weighted by Gasteiger charge is -2.37. The number of hydrogen-bond acceptors (Lipinski definition) is 4. The zero-order chi connectivity index (χ0) is 13.6. The highest BCUT2D eigenvalue weighted by atomic mass is 16.5. The molecule has 0 aromatic carbocycles. The number of aliphatic carboxylic acids is 1. The van der Waals surface area contributed by atoms with Gasteiger partial charge in [-0.25, -0.2) is 4.98 Å². The summed E-state index contributed by atoms with van der Waals surface area (Å²) in [6, 6.07) is 0. The molecule has 1 aliphatic carbocycles. The number of aryl methyl sites for hydroxylation is 1. The molecule has 0 atom stereocenters. The quantitative estimate of drug-likeness (QED) is 0.905. The highest BCUT2D eigenvalue weighted by Gasteiger charge is 2.48. The van der Waals surface area contributed by atoms with Crippen LogP contribution in [0.15, 0.2) is 12.5 Å². The van der Waals surface area contributed by atoms with E-state index in [0.29, 0.717) is 24.2 Å². The molecule has 1 saturated carbocycles. The van der Waals surface area contributed by atoms with Crippen molar-refractivity contribution in [3.8, 4) is 5.88 Å². The molecule has 2 heterocycles. The third-order valence-electron chi connectivity index (χ3n) is 4.04. The van der Waals surface area contributed by atoms with Gasteiger partial charge in [-0.05, 0) is 12.8 Å². The number of carbonyl (C=O) groups is 1. The van der Waals surface area contributed by atoms with E-state index < -0.39 is 11.4 Å². The van der Waals surface area contributed by atoms with Crippen LogP contribution in [-0.2, 0) is 17.3 Å². The molecule has 1 aliphatic rings. The molecular weight excluding hydrogens is 246 g/mol. The topological polar surface area (TPSA) is 77.2 Å². The van der Waals surface area contributed by atoms with Crippen molar-refractivity contribution >= 4 is 17.0 Å². The number of rotatable bonds is 3. The van der Waals surface area contributed by atoms with Gasteiger partial charge in [0.05, 0.1) is 18.0 Å². The van der Waals surface area contributed by atoms with Gasteiger partial charge < -0.3 is 14.4 Å². The molecule has 0 radical (unpaired) electrons. The van der Waals surface area contributed by atoms with Gasteiger partial charge in [-0.2, -0.15) is 4.98 Å². The van der Waals surface area contributed by atoms with Gasteiger partial charge in [0.2, 0.25) is 5.88 Å². The van der Waals surface area contributed by atoms with Crippen LogP contribution in [0.25, 0.3) is 11.0 Å². The Morgan fingerprint density at radius 2 is 2.21 bits per heavy atom. The van der Waals surface area contributed by atoms with E-state index in [1.54, 1.807) is 7.11 Å². The Morgan fingerprint density at radius 1 is 1.47 bits per heavy atom. The van der Waals surface area contributed by atoms with Crippen molar-refractivity contribution in [2.24, 2.45) is 7.05 Å². The Morgan fingerprint density at radius 3 is 2.74 bits per heavy atom. The SMILES string of the molecule is COc1ncnc2c(C3(C(=O)O)CCC3)cn(C)c12. The van der Waals surface area contributed by atoms with Crippen molar-refractivity contribution in [3.05, 3.63) is 18.1 Å². The minimum Gasteiger partial charge on any atom is -0.481 e. The van der Waals surface area contributed by atoms with Gasteiger partial charge in [0.25, 0.3) is 0 Å². The van der Waals surface area contributed by atoms with Gasteiger partial charge in [0.15, 0.2) is 0 Å². The first-order valence-corrected chi connectivity index (χ1v) is 6.18. The number of hydrogen-bond donors (Lipinski definition) is 1. The Balaban J connectivity index is 2.29. The minimum atomic E-state index is -0.793. The maximum Gasteiger partial charge on any atom is 0.314 e. The maximum atomic E-state index is 11.6. The predicted octanol–water partition coefficient (Wildman–Crippen LogP) is 1.48. The highest BCUT2D eigenvalue weighted by Crippen LogP contribution is 2.47. The molecule has 19 heavy (non-hydrogen) atoms. The van der Waals surface area contributed by atoms with E-state index >= 15 is 0 Å². The summed E-state index contributed by atoms with van der Waals surface area (Å²) in [6.45, 7) is 0. The van der Waals surface area contributed by atoms with Gasteiger partial charge in [0.1, 0.15) is 11.8 Å². The van der Waals surface area contributed by atoms with Crippen LogP contribution in [0.4, 0.5) is 0 Å².